The van der Waals surface area contributed by atoms with Crippen LogP contribution in [0.2, 0.25) is 0 Å². The Kier molecular flexibility index (Phi) is 5.06. The summed E-state index contributed by atoms with van der Waals surface area (Å²) in [6.45, 7) is 9.31. The Balaban J connectivity index is 2.18. The molecule has 0 radical (unpaired) electrons. The van der Waals surface area contributed by atoms with Crippen molar-refractivity contribution in [1.29, 1.82) is 0 Å². The highest BCUT2D eigenvalue weighted by molar-refractivity contribution is 5.94. The van der Waals surface area contributed by atoms with Crippen LogP contribution < -0.4 is 5.32 Å². The van der Waals surface area contributed by atoms with Crippen LogP contribution in [0.4, 0.5) is 0 Å². The number of amides is 1. The first-order valence-corrected chi connectivity index (χ1v) is 7.50. The Hall–Kier alpha value is -1.49. The molecule has 1 fully saturated rings. The third-order valence-corrected chi connectivity index (χ3v) is 3.94. The first-order valence-electron chi connectivity index (χ1n) is 7.50. The quantitative estimate of drug-likeness (QED) is 0.910. The van der Waals surface area contributed by atoms with Gasteiger partial charge in [0.1, 0.15) is 5.82 Å². The summed E-state index contributed by atoms with van der Waals surface area (Å²) in [5, 5.41) is 3.37. The monoisotopic (exact) mass is 276 g/mol. The van der Waals surface area contributed by atoms with Crippen LogP contribution in [0.15, 0.2) is 6.20 Å². The third kappa shape index (κ3) is 3.15. The molecule has 1 aromatic heterocycles. The average Bonchev–Trinajstić information content (AvgIpc) is 2.49. The second-order valence-electron chi connectivity index (χ2n) is 5.25. The van der Waals surface area contributed by atoms with E-state index in [4.69, 9.17) is 0 Å². The van der Waals surface area contributed by atoms with Gasteiger partial charge in [-0.25, -0.2) is 9.97 Å². The predicted octanol–water partition coefficient (Wildman–Crippen LogP) is 1.73. The number of aromatic nitrogens is 2. The van der Waals surface area contributed by atoms with Gasteiger partial charge in [-0.1, -0.05) is 0 Å². The van der Waals surface area contributed by atoms with Gasteiger partial charge in [-0.2, -0.15) is 0 Å². The number of hydrogen-bond donors (Lipinski definition) is 1. The highest BCUT2D eigenvalue weighted by Gasteiger charge is 2.21. The van der Waals surface area contributed by atoms with Crippen LogP contribution in [0.1, 0.15) is 54.5 Å². The van der Waals surface area contributed by atoms with E-state index in [2.05, 4.69) is 15.3 Å². The lowest BCUT2D eigenvalue weighted by Gasteiger charge is -2.23. The van der Waals surface area contributed by atoms with Crippen molar-refractivity contribution in [2.75, 3.05) is 26.2 Å². The first kappa shape index (κ1) is 14.9. The minimum absolute atomic E-state index is 0.0285. The molecule has 110 valence electrons. The molecule has 1 N–H and O–H groups in total. The number of carbonyl (C=O) groups is 1. The molecule has 0 saturated carbocycles. The zero-order chi connectivity index (χ0) is 14.5. The van der Waals surface area contributed by atoms with Gasteiger partial charge in [0.2, 0.25) is 0 Å². The van der Waals surface area contributed by atoms with Crippen molar-refractivity contribution in [2.24, 2.45) is 0 Å². The molecule has 1 aliphatic heterocycles. The molecule has 0 aromatic carbocycles. The van der Waals surface area contributed by atoms with Crippen molar-refractivity contribution >= 4 is 5.91 Å². The van der Waals surface area contributed by atoms with Gasteiger partial charge in [0, 0.05) is 31.7 Å². The van der Waals surface area contributed by atoms with Crippen LogP contribution in [0.5, 0.6) is 0 Å². The summed E-state index contributed by atoms with van der Waals surface area (Å²) in [6, 6.07) is 0. The third-order valence-electron chi connectivity index (χ3n) is 3.94. The van der Waals surface area contributed by atoms with E-state index in [0.29, 0.717) is 24.6 Å². The summed E-state index contributed by atoms with van der Waals surface area (Å²) in [6.07, 6.45) is 3.98. The van der Waals surface area contributed by atoms with E-state index in [0.717, 1.165) is 37.4 Å². The molecular weight excluding hydrogens is 252 g/mol. The van der Waals surface area contributed by atoms with Crippen molar-refractivity contribution in [2.45, 2.75) is 39.5 Å². The van der Waals surface area contributed by atoms with Crippen LogP contribution >= 0.6 is 0 Å². The van der Waals surface area contributed by atoms with Gasteiger partial charge in [-0.15, -0.1) is 0 Å². The molecular formula is C15H24N4O. The van der Waals surface area contributed by atoms with Gasteiger partial charge < -0.3 is 10.2 Å². The molecule has 0 bridgehead atoms. The van der Waals surface area contributed by atoms with Gasteiger partial charge in [0.25, 0.3) is 5.91 Å². The Morgan fingerprint density at radius 2 is 2.20 bits per heavy atom. The number of carbonyl (C=O) groups excluding carboxylic acids is 1. The summed E-state index contributed by atoms with van der Waals surface area (Å²) in [7, 11) is 0. The summed E-state index contributed by atoms with van der Waals surface area (Å²) >= 11 is 0. The molecule has 1 aromatic rings. The zero-order valence-corrected chi connectivity index (χ0v) is 12.6. The minimum Gasteiger partial charge on any atom is -0.339 e. The molecule has 0 spiro atoms. The highest BCUT2D eigenvalue weighted by Crippen LogP contribution is 2.21. The fraction of sp³-hybridized carbons (Fsp3) is 0.667. The summed E-state index contributed by atoms with van der Waals surface area (Å²) < 4.78 is 0. The van der Waals surface area contributed by atoms with E-state index in [1.807, 2.05) is 20.8 Å². The van der Waals surface area contributed by atoms with E-state index in [1.165, 1.54) is 0 Å². The molecule has 2 heterocycles. The van der Waals surface area contributed by atoms with E-state index in [-0.39, 0.29) is 5.91 Å². The van der Waals surface area contributed by atoms with E-state index < -0.39 is 0 Å². The number of hydrogen-bond acceptors (Lipinski definition) is 4. The molecule has 20 heavy (non-hydrogen) atoms. The van der Waals surface area contributed by atoms with Gasteiger partial charge in [-0.3, -0.25) is 4.79 Å². The van der Waals surface area contributed by atoms with E-state index >= 15 is 0 Å². The van der Waals surface area contributed by atoms with E-state index in [9.17, 15) is 4.79 Å². The van der Waals surface area contributed by atoms with Gasteiger partial charge in [-0.05, 0) is 40.2 Å². The van der Waals surface area contributed by atoms with Crippen molar-refractivity contribution in [3.63, 3.8) is 0 Å². The first-order chi connectivity index (χ1) is 9.67. The smallest absolute Gasteiger partial charge is 0.257 e. The van der Waals surface area contributed by atoms with Gasteiger partial charge >= 0.3 is 0 Å². The SMILES string of the molecule is CCN(CC)C(=O)c1cnc([C@H]2CCCNC2)nc1C. The van der Waals surface area contributed by atoms with Crippen LogP contribution in [0.3, 0.4) is 0 Å². The lowest BCUT2D eigenvalue weighted by atomic mass is 9.98. The largest absolute Gasteiger partial charge is 0.339 e. The zero-order valence-electron chi connectivity index (χ0n) is 12.6. The molecule has 1 saturated heterocycles. The lowest BCUT2D eigenvalue weighted by molar-refractivity contribution is 0.0771. The number of rotatable bonds is 4. The van der Waals surface area contributed by atoms with Crippen LogP contribution in [-0.4, -0.2) is 47.0 Å². The van der Waals surface area contributed by atoms with Crippen LogP contribution in [0, 0.1) is 6.92 Å². The molecule has 5 heteroatoms. The Labute approximate surface area is 120 Å². The minimum atomic E-state index is 0.0285. The van der Waals surface area contributed by atoms with Crippen LogP contribution in [0.25, 0.3) is 0 Å². The number of piperidine rings is 1. The van der Waals surface area contributed by atoms with Crippen molar-refractivity contribution < 1.29 is 4.79 Å². The number of nitrogens with zero attached hydrogens (tertiary/aromatic N) is 3. The Morgan fingerprint density at radius 1 is 1.45 bits per heavy atom. The summed E-state index contributed by atoms with van der Waals surface area (Å²) in [5.74, 6) is 1.27. The molecule has 1 atom stereocenters. The average molecular weight is 276 g/mol. The maximum absolute atomic E-state index is 12.3. The standard InChI is InChI=1S/C15H24N4O/c1-4-19(5-2)15(20)13-10-17-14(18-11(13)3)12-7-6-8-16-9-12/h10,12,16H,4-9H2,1-3H3/t12-/m0/s1. The van der Waals surface area contributed by atoms with Crippen molar-refractivity contribution in [1.82, 2.24) is 20.2 Å². The fourth-order valence-corrected chi connectivity index (χ4v) is 2.65. The maximum Gasteiger partial charge on any atom is 0.257 e. The number of nitrogens with one attached hydrogen (secondary N) is 1. The normalized spacial score (nSPS) is 18.9. The topological polar surface area (TPSA) is 58.1 Å². The van der Waals surface area contributed by atoms with Crippen molar-refractivity contribution in [3.05, 3.63) is 23.3 Å². The lowest BCUT2D eigenvalue weighted by Crippen LogP contribution is -2.32. The second kappa shape index (κ2) is 6.79. The number of aryl methyl sites for hydroxylation is 1. The highest BCUT2D eigenvalue weighted by atomic mass is 16.2. The van der Waals surface area contributed by atoms with Crippen molar-refractivity contribution in [3.8, 4) is 0 Å². The second-order valence-corrected chi connectivity index (χ2v) is 5.25. The van der Waals surface area contributed by atoms with E-state index in [1.54, 1.807) is 11.1 Å². The molecule has 2 rings (SSSR count). The predicted molar refractivity (Wildman–Crippen MR) is 78.9 cm³/mol. The Bertz CT molecular complexity index is 465. The van der Waals surface area contributed by atoms with Gasteiger partial charge in [0.05, 0.1) is 11.3 Å². The maximum atomic E-state index is 12.3. The Morgan fingerprint density at radius 3 is 2.75 bits per heavy atom. The molecule has 1 aliphatic rings. The van der Waals surface area contributed by atoms with Crippen LogP contribution in [-0.2, 0) is 0 Å². The molecule has 1 amide bonds. The fourth-order valence-electron chi connectivity index (χ4n) is 2.65. The van der Waals surface area contributed by atoms with Gasteiger partial charge in [0.15, 0.2) is 0 Å². The molecule has 0 unspecified atom stereocenters. The summed E-state index contributed by atoms with van der Waals surface area (Å²) in [4.78, 5) is 23.2. The molecule has 0 aliphatic carbocycles. The molecule has 5 nitrogen and oxygen atoms in total. The summed E-state index contributed by atoms with van der Waals surface area (Å²) in [5.41, 5.74) is 1.42.